The Morgan fingerprint density at radius 2 is 1.73 bits per heavy atom. The minimum Gasteiger partial charge on any atom is -0.479 e. The molecule has 120 valence electrons. The summed E-state index contributed by atoms with van der Waals surface area (Å²) in [6.45, 7) is 0. The number of aliphatic hydroxyl groups is 3. The standard InChI is InChI=1S/C14H13F3O5/c15-14(16,17)8-3-1-7(2-4-8)9-5-13(22,12(20)21)6-10(18)11(9)19/h1-5,10-11,18-19,22H,6H2,(H,20,21)/t10-,11-,13+/m1/s1. The van der Waals surface area contributed by atoms with Gasteiger partial charge >= 0.3 is 12.1 Å². The summed E-state index contributed by atoms with van der Waals surface area (Å²) in [6, 6.07) is 3.61. The molecule has 1 aromatic carbocycles. The van der Waals surface area contributed by atoms with Crippen LogP contribution < -0.4 is 0 Å². The highest BCUT2D eigenvalue weighted by Crippen LogP contribution is 2.35. The lowest BCUT2D eigenvalue weighted by Gasteiger charge is -2.33. The summed E-state index contributed by atoms with van der Waals surface area (Å²) < 4.78 is 37.5. The molecule has 8 heteroatoms. The number of benzene rings is 1. The van der Waals surface area contributed by atoms with E-state index in [0.717, 1.165) is 30.3 Å². The highest BCUT2D eigenvalue weighted by molar-refractivity contribution is 5.85. The van der Waals surface area contributed by atoms with E-state index >= 15 is 0 Å². The van der Waals surface area contributed by atoms with E-state index < -0.39 is 41.9 Å². The maximum atomic E-state index is 12.5. The third-order valence-corrected chi connectivity index (χ3v) is 3.51. The van der Waals surface area contributed by atoms with Crippen LogP contribution in [0.2, 0.25) is 0 Å². The fourth-order valence-electron chi connectivity index (χ4n) is 2.29. The van der Waals surface area contributed by atoms with Crippen molar-refractivity contribution in [1.82, 2.24) is 0 Å². The molecule has 3 atom stereocenters. The zero-order valence-corrected chi connectivity index (χ0v) is 11.1. The van der Waals surface area contributed by atoms with E-state index in [-0.39, 0.29) is 11.1 Å². The fourth-order valence-corrected chi connectivity index (χ4v) is 2.29. The number of aliphatic hydroxyl groups excluding tert-OH is 2. The molecule has 0 spiro atoms. The molecule has 0 heterocycles. The molecule has 0 radical (unpaired) electrons. The van der Waals surface area contributed by atoms with Gasteiger partial charge in [0, 0.05) is 6.42 Å². The first-order valence-electron chi connectivity index (χ1n) is 6.27. The predicted molar refractivity (Wildman–Crippen MR) is 68.6 cm³/mol. The van der Waals surface area contributed by atoms with Gasteiger partial charge in [0.15, 0.2) is 5.60 Å². The van der Waals surface area contributed by atoms with E-state index in [1.54, 1.807) is 0 Å². The lowest BCUT2D eigenvalue weighted by Crippen LogP contribution is -2.47. The average molecular weight is 318 g/mol. The summed E-state index contributed by atoms with van der Waals surface area (Å²) in [7, 11) is 0. The lowest BCUT2D eigenvalue weighted by atomic mass is 9.80. The van der Waals surface area contributed by atoms with E-state index in [1.807, 2.05) is 0 Å². The number of aliphatic carboxylic acids is 1. The van der Waals surface area contributed by atoms with Crippen LogP contribution in [0.3, 0.4) is 0 Å². The third kappa shape index (κ3) is 2.99. The molecule has 0 aromatic heterocycles. The summed E-state index contributed by atoms with van der Waals surface area (Å²) in [6.07, 6.45) is -7.36. The molecule has 2 rings (SSSR count). The van der Waals surface area contributed by atoms with Gasteiger partial charge in [-0.1, -0.05) is 12.1 Å². The van der Waals surface area contributed by atoms with Gasteiger partial charge in [0.1, 0.15) is 6.10 Å². The summed E-state index contributed by atoms with van der Waals surface area (Å²) >= 11 is 0. The maximum absolute atomic E-state index is 12.5. The van der Waals surface area contributed by atoms with Gasteiger partial charge in [-0.05, 0) is 29.3 Å². The van der Waals surface area contributed by atoms with Gasteiger partial charge in [-0.3, -0.25) is 0 Å². The molecule has 0 aliphatic heterocycles. The number of carboxylic acid groups (broad SMARTS) is 1. The molecular formula is C14H13F3O5. The third-order valence-electron chi connectivity index (χ3n) is 3.51. The highest BCUT2D eigenvalue weighted by Gasteiger charge is 2.44. The average Bonchev–Trinajstić information content (AvgIpc) is 2.42. The second kappa shape index (κ2) is 5.38. The Hall–Kier alpha value is -1.90. The van der Waals surface area contributed by atoms with Crippen LogP contribution in [0.25, 0.3) is 5.57 Å². The Kier molecular flexibility index (Phi) is 4.03. The zero-order chi connectivity index (χ0) is 16.7. The molecule has 22 heavy (non-hydrogen) atoms. The monoisotopic (exact) mass is 318 g/mol. The van der Waals surface area contributed by atoms with Gasteiger partial charge in [-0.2, -0.15) is 13.2 Å². The number of hydrogen-bond donors (Lipinski definition) is 4. The van der Waals surface area contributed by atoms with E-state index in [0.29, 0.717) is 0 Å². The maximum Gasteiger partial charge on any atom is 0.416 e. The highest BCUT2D eigenvalue weighted by atomic mass is 19.4. The SMILES string of the molecule is O=C(O)[C@]1(O)C=C(c2ccc(C(F)(F)F)cc2)[C@@H](O)[C@H](O)C1. The Morgan fingerprint density at radius 3 is 2.18 bits per heavy atom. The molecule has 0 amide bonds. The molecule has 0 bridgehead atoms. The first kappa shape index (κ1) is 16.5. The molecule has 0 saturated heterocycles. The van der Waals surface area contributed by atoms with Crippen molar-refractivity contribution in [3.8, 4) is 0 Å². The second-order valence-corrected chi connectivity index (χ2v) is 5.12. The minimum atomic E-state index is -4.53. The van der Waals surface area contributed by atoms with Gasteiger partial charge in [0.25, 0.3) is 0 Å². The molecule has 1 aromatic rings. The number of hydrogen-bond acceptors (Lipinski definition) is 4. The van der Waals surface area contributed by atoms with Crippen LogP contribution in [0.4, 0.5) is 13.2 Å². The number of carboxylic acids is 1. The molecule has 0 unspecified atom stereocenters. The summed E-state index contributed by atoms with van der Waals surface area (Å²) in [5.41, 5.74) is -3.36. The summed E-state index contributed by atoms with van der Waals surface area (Å²) in [4.78, 5) is 11.1. The number of rotatable bonds is 2. The van der Waals surface area contributed by atoms with Gasteiger partial charge in [-0.15, -0.1) is 0 Å². The van der Waals surface area contributed by atoms with Crippen molar-refractivity contribution >= 4 is 11.5 Å². The molecule has 1 aliphatic carbocycles. The van der Waals surface area contributed by atoms with Gasteiger partial charge in [0.05, 0.1) is 11.7 Å². The largest absolute Gasteiger partial charge is 0.479 e. The first-order valence-corrected chi connectivity index (χ1v) is 6.27. The molecular weight excluding hydrogens is 305 g/mol. The van der Waals surface area contributed by atoms with Gasteiger partial charge in [-0.25, -0.2) is 4.79 Å². The van der Waals surface area contributed by atoms with Crippen molar-refractivity contribution in [2.45, 2.75) is 30.4 Å². The Morgan fingerprint density at radius 1 is 1.18 bits per heavy atom. The summed E-state index contributed by atoms with van der Waals surface area (Å²) in [5, 5.41) is 38.5. The van der Waals surface area contributed by atoms with E-state index in [9.17, 15) is 33.3 Å². The predicted octanol–water partition coefficient (Wildman–Crippen LogP) is 1.03. The van der Waals surface area contributed by atoms with Crippen LogP contribution in [0.1, 0.15) is 17.5 Å². The smallest absolute Gasteiger partial charge is 0.416 e. The number of carbonyl (C=O) groups is 1. The number of halogens is 3. The van der Waals surface area contributed by atoms with Crippen molar-refractivity contribution < 1.29 is 38.4 Å². The zero-order valence-electron chi connectivity index (χ0n) is 11.1. The molecule has 5 nitrogen and oxygen atoms in total. The van der Waals surface area contributed by atoms with Crippen LogP contribution in [0.15, 0.2) is 30.3 Å². The van der Waals surface area contributed by atoms with Crippen molar-refractivity contribution in [3.63, 3.8) is 0 Å². The molecule has 0 fully saturated rings. The lowest BCUT2D eigenvalue weighted by molar-refractivity contribution is -0.158. The molecule has 4 N–H and O–H groups in total. The fraction of sp³-hybridized carbons (Fsp3) is 0.357. The van der Waals surface area contributed by atoms with Crippen molar-refractivity contribution in [2.75, 3.05) is 0 Å². The van der Waals surface area contributed by atoms with Gasteiger partial charge in [0.2, 0.25) is 0 Å². The van der Waals surface area contributed by atoms with Crippen molar-refractivity contribution in [3.05, 3.63) is 41.5 Å². The Bertz CT molecular complexity index is 608. The Labute approximate surface area is 122 Å². The van der Waals surface area contributed by atoms with Crippen LogP contribution in [-0.4, -0.2) is 44.2 Å². The number of alkyl halides is 3. The van der Waals surface area contributed by atoms with Crippen LogP contribution >= 0.6 is 0 Å². The topological polar surface area (TPSA) is 98.0 Å². The van der Waals surface area contributed by atoms with Crippen LogP contribution in [-0.2, 0) is 11.0 Å². The molecule has 0 saturated carbocycles. The normalized spacial score (nSPS) is 29.1. The van der Waals surface area contributed by atoms with Crippen LogP contribution in [0.5, 0.6) is 0 Å². The van der Waals surface area contributed by atoms with E-state index in [1.165, 1.54) is 0 Å². The van der Waals surface area contributed by atoms with Crippen molar-refractivity contribution in [2.24, 2.45) is 0 Å². The van der Waals surface area contributed by atoms with Crippen molar-refractivity contribution in [1.29, 1.82) is 0 Å². The summed E-state index contributed by atoms with van der Waals surface area (Å²) in [5.74, 6) is -1.62. The van der Waals surface area contributed by atoms with Gasteiger partial charge < -0.3 is 20.4 Å². The molecule has 1 aliphatic rings. The first-order chi connectivity index (χ1) is 10.0. The second-order valence-electron chi connectivity index (χ2n) is 5.12. The van der Waals surface area contributed by atoms with E-state index in [4.69, 9.17) is 5.11 Å². The minimum absolute atomic E-state index is 0.0823. The van der Waals surface area contributed by atoms with Crippen LogP contribution in [0, 0.1) is 0 Å². The quantitative estimate of drug-likeness (QED) is 0.653. The van der Waals surface area contributed by atoms with E-state index in [2.05, 4.69) is 0 Å². The Balaban J connectivity index is 2.45.